The number of nitrogens with zero attached hydrogens (tertiary/aromatic N) is 3. The van der Waals surface area contributed by atoms with Gasteiger partial charge in [-0.2, -0.15) is 10.3 Å². The molecule has 1 aromatic heterocycles. The molecule has 2 unspecified atom stereocenters. The smallest absolute Gasteiger partial charge is 0.262 e. The molecule has 4 bridgehead atoms. The van der Waals surface area contributed by atoms with E-state index in [1.54, 1.807) is 19.2 Å². The SMILES string of the molecule is COCCn1cc(-c2ccc(C#N)cc2)s/c1=N\C(=O)C12CC3CC(CC(C3)C1=O)C2. The van der Waals surface area contributed by atoms with Gasteiger partial charge in [-0.3, -0.25) is 9.59 Å². The molecule has 4 fully saturated rings. The molecule has 7 heteroatoms. The van der Waals surface area contributed by atoms with Crippen LogP contribution in [0.4, 0.5) is 0 Å². The molecule has 0 spiro atoms. The Hall–Kier alpha value is -2.56. The Bertz CT molecular complexity index is 1120. The van der Waals surface area contributed by atoms with Crippen LogP contribution in [0.1, 0.15) is 37.7 Å². The first-order valence-electron chi connectivity index (χ1n) is 10.9. The lowest BCUT2D eigenvalue weighted by Crippen LogP contribution is -2.56. The molecule has 0 N–H and O–H groups in total. The van der Waals surface area contributed by atoms with Crippen LogP contribution in [0.15, 0.2) is 35.5 Å². The molecule has 6 nitrogen and oxygen atoms in total. The highest BCUT2D eigenvalue weighted by molar-refractivity contribution is 7.12. The lowest BCUT2D eigenvalue weighted by atomic mass is 9.48. The van der Waals surface area contributed by atoms with Gasteiger partial charge >= 0.3 is 0 Å². The Balaban J connectivity index is 1.52. The van der Waals surface area contributed by atoms with Gasteiger partial charge in [-0.05, 0) is 61.6 Å². The number of benzene rings is 1. The summed E-state index contributed by atoms with van der Waals surface area (Å²) in [7, 11) is 1.64. The highest BCUT2D eigenvalue weighted by Crippen LogP contribution is 2.58. The highest BCUT2D eigenvalue weighted by Gasteiger charge is 2.60. The maximum Gasteiger partial charge on any atom is 0.262 e. The summed E-state index contributed by atoms with van der Waals surface area (Å²) in [5, 5.41) is 9.04. The summed E-state index contributed by atoms with van der Waals surface area (Å²) in [4.78, 5) is 32.7. The van der Waals surface area contributed by atoms with Crippen LogP contribution in [0.5, 0.6) is 0 Å². The van der Waals surface area contributed by atoms with Crippen molar-refractivity contribution in [2.24, 2.45) is 28.2 Å². The van der Waals surface area contributed by atoms with E-state index in [1.165, 1.54) is 11.3 Å². The van der Waals surface area contributed by atoms with Crippen LogP contribution in [0, 0.1) is 34.5 Å². The predicted molar refractivity (Wildman–Crippen MR) is 116 cm³/mol. The second kappa shape index (κ2) is 7.85. The van der Waals surface area contributed by atoms with Crippen molar-refractivity contribution in [3.05, 3.63) is 40.8 Å². The molecular formula is C24H25N3O3S. The predicted octanol–water partition coefficient (Wildman–Crippen LogP) is 3.56. The minimum absolute atomic E-state index is 0.0589. The highest BCUT2D eigenvalue weighted by atomic mass is 32.1. The van der Waals surface area contributed by atoms with Crippen LogP contribution in [0.25, 0.3) is 10.4 Å². The molecule has 0 saturated heterocycles. The van der Waals surface area contributed by atoms with Crippen molar-refractivity contribution in [2.45, 2.75) is 38.6 Å². The number of aromatic nitrogens is 1. The topological polar surface area (TPSA) is 84.4 Å². The molecule has 31 heavy (non-hydrogen) atoms. The molecule has 1 heterocycles. The summed E-state index contributed by atoms with van der Waals surface area (Å²) in [6.45, 7) is 1.07. The van der Waals surface area contributed by atoms with E-state index < -0.39 is 5.41 Å². The first-order valence-corrected chi connectivity index (χ1v) is 11.7. The molecular weight excluding hydrogens is 410 g/mol. The fourth-order valence-electron chi connectivity index (χ4n) is 5.91. The number of thiazole rings is 1. The Morgan fingerprint density at radius 2 is 1.97 bits per heavy atom. The minimum Gasteiger partial charge on any atom is -0.383 e. The largest absolute Gasteiger partial charge is 0.383 e. The van der Waals surface area contributed by atoms with Gasteiger partial charge in [0.25, 0.3) is 5.91 Å². The first kappa shape index (κ1) is 20.3. The molecule has 4 saturated carbocycles. The van der Waals surface area contributed by atoms with E-state index >= 15 is 0 Å². The summed E-state index contributed by atoms with van der Waals surface area (Å²) < 4.78 is 7.17. The third-order valence-electron chi connectivity index (χ3n) is 7.18. The Morgan fingerprint density at radius 1 is 1.26 bits per heavy atom. The van der Waals surface area contributed by atoms with E-state index in [-0.39, 0.29) is 17.6 Å². The molecule has 0 radical (unpaired) electrons. The second-order valence-electron chi connectivity index (χ2n) is 9.16. The van der Waals surface area contributed by atoms with Crippen molar-refractivity contribution >= 4 is 23.0 Å². The normalized spacial score (nSPS) is 29.4. The van der Waals surface area contributed by atoms with Crippen LogP contribution in [-0.2, 0) is 20.9 Å². The standard InChI is InChI=1S/C24H25N3O3S/c1-30-7-6-27-14-20(18-4-2-15(13-25)3-5-18)31-23(27)26-22(29)24-11-16-8-17(12-24)10-19(9-16)21(24)28/h2-5,14,16-17,19H,6-12H2,1H3/b26-23-. The summed E-state index contributed by atoms with van der Waals surface area (Å²) in [5.74, 6) is 0.931. The molecule has 4 aliphatic rings. The number of ether oxygens (including phenoxy) is 1. The van der Waals surface area contributed by atoms with Gasteiger partial charge in [0.15, 0.2) is 10.6 Å². The van der Waals surface area contributed by atoms with Gasteiger partial charge in [0.05, 0.1) is 23.1 Å². The van der Waals surface area contributed by atoms with Crippen LogP contribution >= 0.6 is 11.3 Å². The number of hydrogen-bond donors (Lipinski definition) is 0. The van der Waals surface area contributed by atoms with Gasteiger partial charge in [-0.1, -0.05) is 23.5 Å². The number of amides is 1. The lowest BCUT2D eigenvalue weighted by molar-refractivity contribution is -0.160. The average Bonchev–Trinajstić information content (AvgIpc) is 3.17. The molecule has 2 atom stereocenters. The first-order chi connectivity index (χ1) is 15.0. The molecule has 6 rings (SSSR count). The number of hydrogen-bond acceptors (Lipinski definition) is 5. The van der Waals surface area contributed by atoms with E-state index in [4.69, 9.17) is 10.00 Å². The maximum atomic E-state index is 13.5. The third kappa shape index (κ3) is 3.48. The van der Waals surface area contributed by atoms with Gasteiger partial charge < -0.3 is 9.30 Å². The van der Waals surface area contributed by atoms with Crippen molar-refractivity contribution in [3.63, 3.8) is 0 Å². The van der Waals surface area contributed by atoms with Crippen molar-refractivity contribution < 1.29 is 14.3 Å². The fraction of sp³-hybridized carbons (Fsp3) is 0.500. The summed E-state index contributed by atoms with van der Waals surface area (Å²) >= 11 is 1.44. The molecule has 2 aromatic rings. The van der Waals surface area contributed by atoms with Crippen LogP contribution in [0.2, 0.25) is 0 Å². The quantitative estimate of drug-likeness (QED) is 0.672. The number of Topliss-reactive ketones (excluding diaryl/α,β-unsaturated/α-hetero) is 1. The lowest BCUT2D eigenvalue weighted by Gasteiger charge is -2.53. The summed E-state index contributed by atoms with van der Waals surface area (Å²) in [5.41, 5.74) is 0.676. The Labute approximate surface area is 185 Å². The van der Waals surface area contributed by atoms with Crippen LogP contribution < -0.4 is 4.80 Å². The molecule has 1 aromatic carbocycles. The Kier molecular flexibility index (Phi) is 5.15. The van der Waals surface area contributed by atoms with Crippen LogP contribution in [-0.4, -0.2) is 30.0 Å². The van der Waals surface area contributed by atoms with Crippen molar-refractivity contribution in [1.29, 1.82) is 5.26 Å². The fourth-order valence-corrected chi connectivity index (χ4v) is 6.93. The van der Waals surface area contributed by atoms with E-state index in [1.807, 2.05) is 22.9 Å². The van der Waals surface area contributed by atoms with Crippen LogP contribution in [0.3, 0.4) is 0 Å². The average molecular weight is 436 g/mol. The monoisotopic (exact) mass is 435 g/mol. The van der Waals surface area contributed by atoms with Crippen molar-refractivity contribution in [2.75, 3.05) is 13.7 Å². The van der Waals surface area contributed by atoms with E-state index in [2.05, 4.69) is 11.1 Å². The zero-order valence-corrected chi connectivity index (χ0v) is 18.4. The molecule has 0 aliphatic heterocycles. The zero-order valence-electron chi connectivity index (χ0n) is 17.5. The van der Waals surface area contributed by atoms with E-state index in [0.717, 1.165) is 29.7 Å². The number of rotatable bonds is 5. The molecule has 4 aliphatic carbocycles. The number of methoxy groups -OCH3 is 1. The number of nitriles is 1. The second-order valence-corrected chi connectivity index (χ2v) is 10.2. The number of carbonyl (C=O) groups excluding carboxylic acids is 2. The zero-order chi connectivity index (χ0) is 21.6. The minimum atomic E-state index is -0.896. The van der Waals surface area contributed by atoms with Crippen molar-refractivity contribution in [1.82, 2.24) is 4.57 Å². The summed E-state index contributed by atoms with van der Waals surface area (Å²) in [6, 6.07) is 9.50. The van der Waals surface area contributed by atoms with E-state index in [9.17, 15) is 9.59 Å². The van der Waals surface area contributed by atoms with Gasteiger partial charge in [0, 0.05) is 25.8 Å². The van der Waals surface area contributed by atoms with Gasteiger partial charge in [-0.25, -0.2) is 0 Å². The van der Waals surface area contributed by atoms with Gasteiger partial charge in [0.2, 0.25) is 0 Å². The molecule has 160 valence electrons. The summed E-state index contributed by atoms with van der Waals surface area (Å²) in [6.07, 6.45) is 6.40. The molecule has 1 amide bonds. The van der Waals surface area contributed by atoms with E-state index in [0.29, 0.717) is 48.2 Å². The van der Waals surface area contributed by atoms with Crippen molar-refractivity contribution in [3.8, 4) is 16.5 Å². The maximum absolute atomic E-state index is 13.5. The number of ketones is 1. The third-order valence-corrected chi connectivity index (χ3v) is 8.25. The Morgan fingerprint density at radius 3 is 2.61 bits per heavy atom. The van der Waals surface area contributed by atoms with Gasteiger partial charge in [-0.15, -0.1) is 0 Å². The number of carbonyl (C=O) groups is 2. The van der Waals surface area contributed by atoms with Gasteiger partial charge in [0.1, 0.15) is 5.41 Å².